The third-order valence-corrected chi connectivity index (χ3v) is 4.59. The topological polar surface area (TPSA) is 111 Å². The van der Waals surface area contributed by atoms with E-state index in [0.717, 1.165) is 4.68 Å². The summed E-state index contributed by atoms with van der Waals surface area (Å²) in [5, 5.41) is 4.75. The van der Waals surface area contributed by atoms with Crippen LogP contribution in [0, 0.1) is 0 Å². The van der Waals surface area contributed by atoms with Gasteiger partial charge in [-0.15, -0.1) is 4.68 Å². The minimum absolute atomic E-state index is 0.239. The number of rotatable bonds is 5. The molecule has 4 rings (SSSR count). The number of methoxy groups -OCH3 is 3. The van der Waals surface area contributed by atoms with Gasteiger partial charge in [-0.2, -0.15) is 5.10 Å². The zero-order chi connectivity index (χ0) is 20.5. The van der Waals surface area contributed by atoms with Crippen LogP contribution in [0.5, 0.6) is 17.2 Å². The monoisotopic (exact) mass is 394 g/mol. The highest BCUT2D eigenvalue weighted by molar-refractivity contribution is 6.04. The molecule has 4 aromatic rings. The van der Waals surface area contributed by atoms with Crippen LogP contribution < -0.4 is 25.5 Å². The molecule has 2 aromatic carbocycles. The summed E-state index contributed by atoms with van der Waals surface area (Å²) in [6.07, 6.45) is 1.37. The van der Waals surface area contributed by atoms with E-state index in [0.29, 0.717) is 39.2 Å². The Kier molecular flexibility index (Phi) is 4.55. The first kappa shape index (κ1) is 18.4. The lowest BCUT2D eigenvalue weighted by molar-refractivity contribution is 0.402. The van der Waals surface area contributed by atoms with Crippen LogP contribution in [0.15, 0.2) is 51.1 Å². The quantitative estimate of drug-likeness (QED) is 0.504. The zero-order valence-corrected chi connectivity index (χ0v) is 16.0. The van der Waals surface area contributed by atoms with Crippen molar-refractivity contribution in [2.75, 3.05) is 21.3 Å². The van der Waals surface area contributed by atoms with Crippen LogP contribution >= 0.6 is 0 Å². The van der Waals surface area contributed by atoms with Crippen molar-refractivity contribution < 1.29 is 14.2 Å². The predicted octanol–water partition coefficient (Wildman–Crippen LogP) is 2.08. The Morgan fingerprint density at radius 3 is 2.34 bits per heavy atom. The van der Waals surface area contributed by atoms with Gasteiger partial charge in [-0.3, -0.25) is 4.79 Å². The summed E-state index contributed by atoms with van der Waals surface area (Å²) in [7, 11) is 4.60. The second-order valence-corrected chi connectivity index (χ2v) is 6.19. The van der Waals surface area contributed by atoms with E-state index < -0.39 is 11.2 Å². The van der Waals surface area contributed by atoms with Gasteiger partial charge in [0, 0.05) is 16.5 Å². The standard InChI is InChI=1S/C20H18N4O5/c1-27-12-5-7-16(29-3)11(8-12)10-21-24-19(25)18-17(23-20(24)26)14-9-13(28-2)4-6-15(14)22-18/h4-10,22H,1-3H3,(H,23,26)/b21-10-. The third kappa shape index (κ3) is 3.12. The summed E-state index contributed by atoms with van der Waals surface area (Å²) < 4.78 is 16.5. The van der Waals surface area contributed by atoms with Crippen LogP contribution in [-0.4, -0.2) is 42.2 Å². The lowest BCUT2D eigenvalue weighted by Gasteiger charge is -2.06. The predicted molar refractivity (Wildman–Crippen MR) is 110 cm³/mol. The van der Waals surface area contributed by atoms with E-state index in [1.165, 1.54) is 20.4 Å². The molecule has 29 heavy (non-hydrogen) atoms. The molecule has 0 aliphatic carbocycles. The van der Waals surface area contributed by atoms with Gasteiger partial charge in [0.1, 0.15) is 22.8 Å². The first-order chi connectivity index (χ1) is 14.0. The average molecular weight is 394 g/mol. The third-order valence-electron chi connectivity index (χ3n) is 4.59. The number of H-pyrrole nitrogens is 2. The fraction of sp³-hybridized carbons (Fsp3) is 0.150. The van der Waals surface area contributed by atoms with Crippen molar-refractivity contribution in [1.29, 1.82) is 0 Å². The van der Waals surface area contributed by atoms with E-state index >= 15 is 0 Å². The molecule has 9 nitrogen and oxygen atoms in total. The molecular weight excluding hydrogens is 376 g/mol. The number of aromatic nitrogens is 3. The SMILES string of the molecule is COc1ccc(OC)c(/C=N\n2c(=O)[nH]c3c([nH]c4ccc(OC)cc43)c2=O)c1. The lowest BCUT2D eigenvalue weighted by atomic mass is 10.2. The van der Waals surface area contributed by atoms with Gasteiger partial charge in [0.2, 0.25) is 0 Å². The second kappa shape index (κ2) is 7.19. The summed E-state index contributed by atoms with van der Waals surface area (Å²) in [5.41, 5.74) is 0.660. The van der Waals surface area contributed by atoms with Crippen LogP contribution in [0.2, 0.25) is 0 Å². The molecule has 0 unspecified atom stereocenters. The number of benzene rings is 2. The van der Waals surface area contributed by atoms with E-state index in [-0.39, 0.29) is 5.52 Å². The molecule has 9 heteroatoms. The van der Waals surface area contributed by atoms with Crippen LogP contribution in [-0.2, 0) is 0 Å². The van der Waals surface area contributed by atoms with Gasteiger partial charge >= 0.3 is 11.2 Å². The van der Waals surface area contributed by atoms with Gasteiger partial charge in [-0.05, 0) is 36.4 Å². The van der Waals surface area contributed by atoms with Crippen molar-refractivity contribution in [3.63, 3.8) is 0 Å². The van der Waals surface area contributed by atoms with Crippen LogP contribution in [0.1, 0.15) is 5.56 Å². The van der Waals surface area contributed by atoms with E-state index in [1.807, 2.05) is 0 Å². The molecule has 0 aliphatic heterocycles. The molecule has 0 aliphatic rings. The van der Waals surface area contributed by atoms with Crippen molar-refractivity contribution in [1.82, 2.24) is 14.6 Å². The van der Waals surface area contributed by atoms with E-state index in [9.17, 15) is 9.59 Å². The minimum Gasteiger partial charge on any atom is -0.497 e. The Hall–Kier alpha value is -4.01. The molecule has 0 atom stereocenters. The van der Waals surface area contributed by atoms with Crippen molar-refractivity contribution in [3.8, 4) is 17.2 Å². The fourth-order valence-corrected chi connectivity index (χ4v) is 3.11. The zero-order valence-electron chi connectivity index (χ0n) is 16.0. The van der Waals surface area contributed by atoms with Crippen molar-refractivity contribution in [2.45, 2.75) is 0 Å². The first-order valence-corrected chi connectivity index (χ1v) is 8.67. The highest BCUT2D eigenvalue weighted by atomic mass is 16.5. The van der Waals surface area contributed by atoms with E-state index in [1.54, 1.807) is 43.5 Å². The van der Waals surface area contributed by atoms with Crippen molar-refractivity contribution in [3.05, 3.63) is 62.8 Å². The molecule has 2 heterocycles. The molecule has 2 N–H and O–H groups in total. The normalized spacial score (nSPS) is 11.4. The lowest BCUT2D eigenvalue weighted by Crippen LogP contribution is -2.32. The largest absolute Gasteiger partial charge is 0.497 e. The number of hydrogen-bond donors (Lipinski definition) is 2. The smallest absolute Gasteiger partial charge is 0.350 e. The molecule has 0 amide bonds. The highest BCUT2D eigenvalue weighted by Gasteiger charge is 2.13. The molecule has 0 radical (unpaired) electrons. The molecular formula is C20H18N4O5. The Morgan fingerprint density at radius 2 is 1.62 bits per heavy atom. The maximum Gasteiger partial charge on any atom is 0.350 e. The number of fused-ring (bicyclic) bond motifs is 3. The van der Waals surface area contributed by atoms with Gasteiger partial charge in [0.15, 0.2) is 0 Å². The molecule has 0 bridgehead atoms. The summed E-state index contributed by atoms with van der Waals surface area (Å²) in [4.78, 5) is 31.2. The maximum absolute atomic E-state index is 12.9. The molecule has 2 aromatic heterocycles. The second-order valence-electron chi connectivity index (χ2n) is 6.19. The minimum atomic E-state index is -0.663. The molecule has 0 saturated heterocycles. The van der Waals surface area contributed by atoms with Gasteiger partial charge in [0.25, 0.3) is 0 Å². The van der Waals surface area contributed by atoms with Crippen LogP contribution in [0.3, 0.4) is 0 Å². The number of ether oxygens (including phenoxy) is 3. The summed E-state index contributed by atoms with van der Waals surface area (Å²) in [5.74, 6) is 1.73. The Labute approximate surface area is 164 Å². The summed E-state index contributed by atoms with van der Waals surface area (Å²) in [6, 6.07) is 10.4. The Bertz CT molecular complexity index is 1360. The molecule has 148 valence electrons. The number of hydrogen-bond acceptors (Lipinski definition) is 6. The van der Waals surface area contributed by atoms with Crippen LogP contribution in [0.25, 0.3) is 21.9 Å². The van der Waals surface area contributed by atoms with E-state index in [2.05, 4.69) is 15.1 Å². The molecule has 0 spiro atoms. The van der Waals surface area contributed by atoms with Gasteiger partial charge in [-0.1, -0.05) is 0 Å². The summed E-state index contributed by atoms with van der Waals surface area (Å²) in [6.45, 7) is 0. The van der Waals surface area contributed by atoms with Gasteiger partial charge < -0.3 is 24.2 Å². The summed E-state index contributed by atoms with van der Waals surface area (Å²) >= 11 is 0. The Morgan fingerprint density at radius 1 is 0.897 bits per heavy atom. The maximum atomic E-state index is 12.9. The molecule has 0 saturated carbocycles. The van der Waals surface area contributed by atoms with Gasteiger partial charge in [0.05, 0.1) is 33.1 Å². The molecule has 0 fully saturated rings. The highest BCUT2D eigenvalue weighted by Crippen LogP contribution is 2.25. The Balaban J connectivity index is 1.87. The first-order valence-electron chi connectivity index (χ1n) is 8.67. The van der Waals surface area contributed by atoms with Crippen LogP contribution in [0.4, 0.5) is 0 Å². The number of aromatic amines is 2. The number of nitrogens with one attached hydrogen (secondary N) is 2. The van der Waals surface area contributed by atoms with E-state index in [4.69, 9.17) is 14.2 Å². The fourth-order valence-electron chi connectivity index (χ4n) is 3.11. The van der Waals surface area contributed by atoms with Crippen molar-refractivity contribution in [2.24, 2.45) is 5.10 Å². The average Bonchev–Trinajstić information content (AvgIpc) is 3.11. The van der Waals surface area contributed by atoms with Gasteiger partial charge in [-0.25, -0.2) is 4.79 Å². The van der Waals surface area contributed by atoms with Crippen molar-refractivity contribution >= 4 is 28.2 Å². The number of nitrogens with zero attached hydrogens (tertiary/aromatic N) is 2.